The summed E-state index contributed by atoms with van der Waals surface area (Å²) in [6.07, 6.45) is -0.226. The summed E-state index contributed by atoms with van der Waals surface area (Å²) >= 11 is 0. The van der Waals surface area contributed by atoms with E-state index >= 15 is 0 Å². The summed E-state index contributed by atoms with van der Waals surface area (Å²) in [6.45, 7) is 6.24. The van der Waals surface area contributed by atoms with Crippen LogP contribution in [0.15, 0.2) is 24.3 Å². The van der Waals surface area contributed by atoms with Gasteiger partial charge in [0.2, 0.25) is 5.91 Å². The van der Waals surface area contributed by atoms with Crippen molar-refractivity contribution in [3.63, 3.8) is 0 Å². The molecular weight excluding hydrogens is 242 g/mol. The van der Waals surface area contributed by atoms with Gasteiger partial charge >= 0.3 is 5.97 Å². The van der Waals surface area contributed by atoms with Crippen LogP contribution in [0.25, 0.3) is 0 Å². The lowest BCUT2D eigenvalue weighted by Gasteiger charge is -2.17. The van der Waals surface area contributed by atoms with E-state index in [1.165, 1.54) is 10.5 Å². The van der Waals surface area contributed by atoms with Gasteiger partial charge in [-0.2, -0.15) is 0 Å². The average Bonchev–Trinajstić information content (AvgIpc) is 2.38. The lowest BCUT2D eigenvalue weighted by Crippen LogP contribution is -2.28. The summed E-state index contributed by atoms with van der Waals surface area (Å²) in [4.78, 5) is 24.6. The Labute approximate surface area is 114 Å². The van der Waals surface area contributed by atoms with Crippen LogP contribution in [0.2, 0.25) is 0 Å². The van der Waals surface area contributed by atoms with Gasteiger partial charge in [0.1, 0.15) is 6.42 Å². The number of hydrogen-bond donors (Lipinski definition) is 0. The normalized spacial score (nSPS) is 10.4. The zero-order chi connectivity index (χ0) is 14.4. The molecular formula is C15H21NO3. The molecule has 104 valence electrons. The maximum Gasteiger partial charge on any atom is 0.315 e. The van der Waals surface area contributed by atoms with Crippen molar-refractivity contribution in [2.24, 2.45) is 0 Å². The molecule has 0 aliphatic rings. The molecule has 19 heavy (non-hydrogen) atoms. The van der Waals surface area contributed by atoms with Crippen molar-refractivity contribution in [1.29, 1.82) is 0 Å². The number of carbonyl (C=O) groups is 2. The largest absolute Gasteiger partial charge is 0.466 e. The average molecular weight is 263 g/mol. The minimum atomic E-state index is -0.488. The van der Waals surface area contributed by atoms with Gasteiger partial charge in [-0.3, -0.25) is 9.59 Å². The van der Waals surface area contributed by atoms with Gasteiger partial charge in [-0.05, 0) is 30.5 Å². The number of esters is 1. The molecule has 0 aromatic heterocycles. The van der Waals surface area contributed by atoms with Crippen molar-refractivity contribution >= 4 is 17.6 Å². The molecule has 1 rings (SSSR count). The SMILES string of the molecule is CCOC(=O)CC(=O)N(C)c1ccc(C(C)C)cc1. The van der Waals surface area contributed by atoms with Crippen molar-refractivity contribution in [3.05, 3.63) is 29.8 Å². The molecule has 0 spiro atoms. The van der Waals surface area contributed by atoms with Gasteiger partial charge in [-0.25, -0.2) is 0 Å². The second-order valence-corrected chi connectivity index (χ2v) is 4.68. The molecule has 1 amide bonds. The highest BCUT2D eigenvalue weighted by atomic mass is 16.5. The van der Waals surface area contributed by atoms with Gasteiger partial charge in [-0.1, -0.05) is 26.0 Å². The Hall–Kier alpha value is -1.84. The maximum absolute atomic E-state index is 11.9. The molecule has 0 radical (unpaired) electrons. The van der Waals surface area contributed by atoms with E-state index in [0.717, 1.165) is 5.69 Å². The second-order valence-electron chi connectivity index (χ2n) is 4.68. The predicted molar refractivity (Wildman–Crippen MR) is 75.2 cm³/mol. The molecule has 4 nitrogen and oxygen atoms in total. The Kier molecular flexibility index (Phi) is 5.55. The Bertz CT molecular complexity index is 437. The highest BCUT2D eigenvalue weighted by Crippen LogP contribution is 2.19. The van der Waals surface area contributed by atoms with Crippen molar-refractivity contribution in [1.82, 2.24) is 0 Å². The fraction of sp³-hybridized carbons (Fsp3) is 0.467. The Morgan fingerprint density at radius 3 is 2.26 bits per heavy atom. The van der Waals surface area contributed by atoms with Crippen LogP contribution in [0, 0.1) is 0 Å². The molecule has 0 N–H and O–H groups in total. The molecule has 1 aromatic rings. The molecule has 1 aromatic carbocycles. The van der Waals surface area contributed by atoms with E-state index < -0.39 is 5.97 Å². The molecule has 0 fully saturated rings. The minimum absolute atomic E-state index is 0.226. The van der Waals surface area contributed by atoms with E-state index in [1.54, 1.807) is 14.0 Å². The number of carbonyl (C=O) groups excluding carboxylic acids is 2. The Balaban J connectivity index is 2.68. The van der Waals surface area contributed by atoms with Crippen LogP contribution in [0.4, 0.5) is 5.69 Å². The third kappa shape index (κ3) is 4.39. The highest BCUT2D eigenvalue weighted by Gasteiger charge is 2.16. The summed E-state index contributed by atoms with van der Waals surface area (Å²) in [5.41, 5.74) is 1.99. The number of hydrogen-bond acceptors (Lipinski definition) is 3. The van der Waals surface area contributed by atoms with E-state index in [4.69, 9.17) is 4.74 Å². The lowest BCUT2D eigenvalue weighted by atomic mass is 10.0. The maximum atomic E-state index is 11.9. The molecule has 0 atom stereocenters. The van der Waals surface area contributed by atoms with E-state index in [2.05, 4.69) is 13.8 Å². The van der Waals surface area contributed by atoms with Crippen LogP contribution >= 0.6 is 0 Å². The summed E-state index contributed by atoms with van der Waals surface area (Å²) in [7, 11) is 1.66. The van der Waals surface area contributed by atoms with Crippen LogP contribution < -0.4 is 4.90 Å². The Morgan fingerprint density at radius 2 is 1.79 bits per heavy atom. The number of ether oxygens (including phenoxy) is 1. The fourth-order valence-corrected chi connectivity index (χ4v) is 1.68. The van der Waals surface area contributed by atoms with Crippen LogP contribution in [-0.4, -0.2) is 25.5 Å². The first kappa shape index (κ1) is 15.2. The molecule has 0 heterocycles. The highest BCUT2D eigenvalue weighted by molar-refractivity contribution is 6.03. The predicted octanol–water partition coefficient (Wildman–Crippen LogP) is 2.73. The fourth-order valence-electron chi connectivity index (χ4n) is 1.68. The number of amides is 1. The van der Waals surface area contributed by atoms with E-state index in [0.29, 0.717) is 12.5 Å². The number of benzene rings is 1. The zero-order valence-corrected chi connectivity index (χ0v) is 12.0. The molecule has 0 saturated heterocycles. The first-order chi connectivity index (χ1) is 8.95. The van der Waals surface area contributed by atoms with Crippen molar-refractivity contribution in [2.75, 3.05) is 18.6 Å². The zero-order valence-electron chi connectivity index (χ0n) is 12.0. The minimum Gasteiger partial charge on any atom is -0.466 e. The monoisotopic (exact) mass is 263 g/mol. The molecule has 0 saturated carbocycles. The van der Waals surface area contributed by atoms with E-state index in [1.807, 2.05) is 24.3 Å². The standard InChI is InChI=1S/C15H21NO3/c1-5-19-15(18)10-14(17)16(4)13-8-6-12(7-9-13)11(2)3/h6-9,11H,5,10H2,1-4H3. The lowest BCUT2D eigenvalue weighted by molar-refractivity contribution is -0.145. The summed E-state index contributed by atoms with van der Waals surface area (Å²) < 4.78 is 4.76. The topological polar surface area (TPSA) is 46.6 Å². The molecule has 0 aliphatic heterocycles. The number of nitrogens with zero attached hydrogens (tertiary/aromatic N) is 1. The third-order valence-electron chi connectivity index (χ3n) is 2.92. The van der Waals surface area contributed by atoms with Crippen LogP contribution in [0.3, 0.4) is 0 Å². The Morgan fingerprint density at radius 1 is 1.21 bits per heavy atom. The second kappa shape index (κ2) is 6.92. The van der Waals surface area contributed by atoms with Gasteiger partial charge in [0.25, 0.3) is 0 Å². The van der Waals surface area contributed by atoms with Gasteiger partial charge in [0.05, 0.1) is 6.61 Å². The van der Waals surface area contributed by atoms with Gasteiger partial charge in [0.15, 0.2) is 0 Å². The van der Waals surface area contributed by atoms with Crippen LogP contribution in [0.5, 0.6) is 0 Å². The summed E-state index contributed by atoms with van der Waals surface area (Å²) in [5, 5.41) is 0. The summed E-state index contributed by atoms with van der Waals surface area (Å²) in [5.74, 6) is -0.302. The molecule has 0 aliphatic carbocycles. The molecule has 0 unspecified atom stereocenters. The van der Waals surface area contributed by atoms with Crippen molar-refractivity contribution in [3.8, 4) is 0 Å². The quantitative estimate of drug-likeness (QED) is 0.606. The molecule has 0 bridgehead atoms. The number of anilines is 1. The first-order valence-corrected chi connectivity index (χ1v) is 6.47. The van der Waals surface area contributed by atoms with Gasteiger partial charge in [0, 0.05) is 12.7 Å². The van der Waals surface area contributed by atoms with Crippen molar-refractivity contribution < 1.29 is 14.3 Å². The summed E-state index contributed by atoms with van der Waals surface area (Å²) in [6, 6.07) is 7.76. The first-order valence-electron chi connectivity index (χ1n) is 6.47. The smallest absolute Gasteiger partial charge is 0.315 e. The van der Waals surface area contributed by atoms with E-state index in [9.17, 15) is 9.59 Å². The van der Waals surface area contributed by atoms with Crippen LogP contribution in [0.1, 0.15) is 38.7 Å². The van der Waals surface area contributed by atoms with Crippen molar-refractivity contribution in [2.45, 2.75) is 33.1 Å². The third-order valence-corrected chi connectivity index (χ3v) is 2.92. The number of rotatable bonds is 5. The van der Waals surface area contributed by atoms with E-state index in [-0.39, 0.29) is 12.3 Å². The van der Waals surface area contributed by atoms with Crippen LogP contribution in [-0.2, 0) is 14.3 Å². The van der Waals surface area contributed by atoms with Gasteiger partial charge in [-0.15, -0.1) is 0 Å². The molecule has 4 heteroatoms. The van der Waals surface area contributed by atoms with Gasteiger partial charge < -0.3 is 9.64 Å².